The van der Waals surface area contributed by atoms with E-state index in [9.17, 15) is 8.78 Å². The Morgan fingerprint density at radius 3 is 2.69 bits per heavy atom. The summed E-state index contributed by atoms with van der Waals surface area (Å²) in [5.74, 6) is -1.24. The molecule has 1 heterocycles. The molecule has 0 spiro atoms. The van der Waals surface area contributed by atoms with Crippen molar-refractivity contribution in [2.75, 3.05) is 0 Å². The van der Waals surface area contributed by atoms with Crippen molar-refractivity contribution < 1.29 is 8.78 Å². The first-order valence-electron chi connectivity index (χ1n) is 4.25. The highest BCUT2D eigenvalue weighted by molar-refractivity contribution is 7.99. The average Bonchev–Trinajstić information content (AvgIpc) is 2.22. The van der Waals surface area contributed by atoms with E-state index in [0.29, 0.717) is 5.03 Å². The molecule has 82 valence electrons. The molecule has 0 saturated heterocycles. The molecule has 0 aliphatic heterocycles. The molecule has 0 N–H and O–H groups in total. The van der Waals surface area contributed by atoms with Crippen LogP contribution in [0.2, 0.25) is 5.15 Å². The van der Waals surface area contributed by atoms with E-state index in [1.165, 1.54) is 24.5 Å². The van der Waals surface area contributed by atoms with Crippen LogP contribution in [0.3, 0.4) is 0 Å². The van der Waals surface area contributed by atoms with Gasteiger partial charge in [-0.25, -0.2) is 13.8 Å². The van der Waals surface area contributed by atoms with Crippen LogP contribution >= 0.6 is 23.4 Å². The molecule has 0 amide bonds. The predicted octanol–water partition coefficient (Wildman–Crippen LogP) is 3.56. The van der Waals surface area contributed by atoms with Crippen molar-refractivity contribution in [2.24, 2.45) is 0 Å². The summed E-state index contributed by atoms with van der Waals surface area (Å²) >= 11 is 6.67. The summed E-state index contributed by atoms with van der Waals surface area (Å²) in [4.78, 5) is 8.03. The van der Waals surface area contributed by atoms with Crippen LogP contribution in [0.25, 0.3) is 0 Å². The minimum atomic E-state index is -0.633. The van der Waals surface area contributed by atoms with Crippen molar-refractivity contribution in [2.45, 2.75) is 9.92 Å². The minimum Gasteiger partial charge on any atom is -0.259 e. The highest BCUT2D eigenvalue weighted by Crippen LogP contribution is 2.28. The third-order valence-electron chi connectivity index (χ3n) is 1.69. The lowest BCUT2D eigenvalue weighted by Gasteiger charge is -2.02. The smallest absolute Gasteiger partial charge is 0.148 e. The fourth-order valence-electron chi connectivity index (χ4n) is 1.05. The van der Waals surface area contributed by atoms with Crippen LogP contribution in [0, 0.1) is 11.6 Å². The lowest BCUT2D eigenvalue weighted by molar-refractivity contribution is 0.565. The van der Waals surface area contributed by atoms with Gasteiger partial charge in [0.15, 0.2) is 0 Å². The second kappa shape index (κ2) is 4.76. The zero-order chi connectivity index (χ0) is 11.5. The molecule has 2 aromatic rings. The fraction of sp³-hybridized carbons (Fsp3) is 0. The van der Waals surface area contributed by atoms with Gasteiger partial charge in [-0.1, -0.05) is 23.4 Å². The maximum Gasteiger partial charge on any atom is 0.148 e. The number of hydrogen-bond donors (Lipinski definition) is 0. The number of nitrogens with zero attached hydrogens (tertiary/aromatic N) is 2. The van der Waals surface area contributed by atoms with Crippen LogP contribution in [0.4, 0.5) is 8.78 Å². The van der Waals surface area contributed by atoms with Gasteiger partial charge in [0, 0.05) is 11.0 Å². The van der Waals surface area contributed by atoms with Crippen molar-refractivity contribution in [3.8, 4) is 0 Å². The Morgan fingerprint density at radius 1 is 1.19 bits per heavy atom. The van der Waals surface area contributed by atoms with Crippen LogP contribution in [0.15, 0.2) is 40.5 Å². The third kappa shape index (κ3) is 2.68. The highest BCUT2D eigenvalue weighted by atomic mass is 35.5. The summed E-state index contributed by atoms with van der Waals surface area (Å²) in [6.45, 7) is 0. The molecule has 1 aromatic carbocycles. The molecule has 0 saturated carbocycles. The number of benzene rings is 1. The van der Waals surface area contributed by atoms with Gasteiger partial charge >= 0.3 is 0 Å². The number of rotatable bonds is 2. The summed E-state index contributed by atoms with van der Waals surface area (Å²) in [5, 5.41) is 0.686. The van der Waals surface area contributed by atoms with Crippen molar-refractivity contribution in [3.05, 3.63) is 47.4 Å². The van der Waals surface area contributed by atoms with Gasteiger partial charge in [0.1, 0.15) is 21.8 Å². The van der Waals surface area contributed by atoms with Crippen LogP contribution in [-0.2, 0) is 0 Å². The quantitative estimate of drug-likeness (QED) is 0.824. The van der Waals surface area contributed by atoms with E-state index in [2.05, 4.69) is 9.97 Å². The van der Waals surface area contributed by atoms with Crippen LogP contribution < -0.4 is 0 Å². The van der Waals surface area contributed by atoms with E-state index in [0.717, 1.165) is 17.8 Å². The van der Waals surface area contributed by atoms with E-state index >= 15 is 0 Å². The summed E-state index contributed by atoms with van der Waals surface area (Å²) < 4.78 is 25.9. The van der Waals surface area contributed by atoms with E-state index in [-0.39, 0.29) is 10.0 Å². The largest absolute Gasteiger partial charge is 0.259 e. The molecule has 2 nitrogen and oxygen atoms in total. The molecule has 0 radical (unpaired) electrons. The van der Waals surface area contributed by atoms with Gasteiger partial charge in [0.2, 0.25) is 0 Å². The maximum atomic E-state index is 13.3. The first kappa shape index (κ1) is 11.3. The van der Waals surface area contributed by atoms with Gasteiger partial charge in [0.25, 0.3) is 0 Å². The summed E-state index contributed by atoms with van der Waals surface area (Å²) in [6, 6.07) is 3.35. The molecule has 0 unspecified atom stereocenters. The Kier molecular flexibility index (Phi) is 3.36. The van der Waals surface area contributed by atoms with Gasteiger partial charge < -0.3 is 0 Å². The predicted molar refractivity (Wildman–Crippen MR) is 57.5 cm³/mol. The fourth-order valence-corrected chi connectivity index (χ4v) is 2.02. The Hall–Kier alpha value is -1.20. The lowest BCUT2D eigenvalue weighted by Crippen LogP contribution is -1.86. The molecular weight excluding hydrogens is 254 g/mol. The van der Waals surface area contributed by atoms with Crippen LogP contribution in [-0.4, -0.2) is 9.97 Å². The van der Waals surface area contributed by atoms with Gasteiger partial charge in [-0.2, -0.15) is 0 Å². The number of halogens is 3. The van der Waals surface area contributed by atoms with Crippen molar-refractivity contribution in [1.82, 2.24) is 9.97 Å². The Morgan fingerprint density at radius 2 is 2.00 bits per heavy atom. The molecule has 0 fully saturated rings. The Labute approximate surface area is 99.7 Å². The molecule has 16 heavy (non-hydrogen) atoms. The summed E-state index contributed by atoms with van der Waals surface area (Å²) in [6.07, 6.45) is 2.84. The van der Waals surface area contributed by atoms with E-state index in [4.69, 9.17) is 11.6 Å². The topological polar surface area (TPSA) is 25.8 Å². The van der Waals surface area contributed by atoms with Crippen molar-refractivity contribution in [1.29, 1.82) is 0 Å². The Balaban J connectivity index is 2.27. The van der Waals surface area contributed by atoms with E-state index < -0.39 is 11.6 Å². The standard InChI is InChI=1S/C10H5ClF2N2S/c11-9-4-14-5-10(15-9)16-8-2-1-6(12)3-7(8)13/h1-5H. The number of hydrogen-bond acceptors (Lipinski definition) is 3. The van der Waals surface area contributed by atoms with E-state index in [1.54, 1.807) is 0 Å². The van der Waals surface area contributed by atoms with Gasteiger partial charge in [-0.05, 0) is 12.1 Å². The maximum absolute atomic E-state index is 13.3. The van der Waals surface area contributed by atoms with Crippen LogP contribution in [0.1, 0.15) is 0 Å². The second-order valence-corrected chi connectivity index (χ2v) is 4.31. The number of aromatic nitrogens is 2. The Bertz CT molecular complexity index is 522. The van der Waals surface area contributed by atoms with Gasteiger partial charge in [-0.3, -0.25) is 4.98 Å². The molecule has 1 aromatic heterocycles. The third-order valence-corrected chi connectivity index (χ3v) is 2.83. The molecule has 0 aliphatic rings. The minimum absolute atomic E-state index is 0.229. The normalized spacial score (nSPS) is 10.4. The molecule has 2 rings (SSSR count). The zero-order valence-corrected chi connectivity index (χ0v) is 9.40. The summed E-state index contributed by atoms with van der Waals surface area (Å²) in [5.41, 5.74) is 0. The van der Waals surface area contributed by atoms with Crippen molar-refractivity contribution >= 4 is 23.4 Å². The lowest BCUT2D eigenvalue weighted by atomic mass is 10.3. The molecule has 0 aliphatic carbocycles. The molecule has 0 bridgehead atoms. The SMILES string of the molecule is Fc1ccc(Sc2cncc(Cl)n2)c(F)c1. The second-order valence-electron chi connectivity index (χ2n) is 2.86. The molecule has 6 heteroatoms. The monoisotopic (exact) mass is 258 g/mol. The van der Waals surface area contributed by atoms with Gasteiger partial charge in [0.05, 0.1) is 12.4 Å². The first-order valence-corrected chi connectivity index (χ1v) is 5.45. The average molecular weight is 259 g/mol. The highest BCUT2D eigenvalue weighted by Gasteiger charge is 2.07. The summed E-state index contributed by atoms with van der Waals surface area (Å²) in [7, 11) is 0. The van der Waals surface area contributed by atoms with Crippen molar-refractivity contribution in [3.63, 3.8) is 0 Å². The first-order chi connectivity index (χ1) is 7.65. The van der Waals surface area contributed by atoms with Gasteiger partial charge in [-0.15, -0.1) is 0 Å². The zero-order valence-electron chi connectivity index (χ0n) is 7.82. The van der Waals surface area contributed by atoms with Crippen LogP contribution in [0.5, 0.6) is 0 Å². The molecule has 0 atom stereocenters. The van der Waals surface area contributed by atoms with E-state index in [1.807, 2.05) is 0 Å². The molecular formula is C10H5ClF2N2S.